The third-order valence-corrected chi connectivity index (χ3v) is 5.27. The van der Waals surface area contributed by atoms with Crippen molar-refractivity contribution < 1.29 is 4.74 Å². The van der Waals surface area contributed by atoms with Gasteiger partial charge in [-0.25, -0.2) is 5.43 Å². The molecule has 25 heavy (non-hydrogen) atoms. The molecule has 0 saturated carbocycles. The maximum Gasteiger partial charge on any atom is 0.119 e. The summed E-state index contributed by atoms with van der Waals surface area (Å²) < 4.78 is 5.97. The van der Waals surface area contributed by atoms with E-state index in [1.54, 1.807) is 0 Å². The minimum absolute atomic E-state index is 0.209. The second-order valence-corrected chi connectivity index (χ2v) is 7.52. The first-order valence-corrected chi connectivity index (χ1v) is 9.08. The molecule has 4 N–H and O–H groups in total. The highest BCUT2D eigenvalue weighted by Gasteiger charge is 2.25. The third-order valence-electron chi connectivity index (χ3n) is 5.27. The van der Waals surface area contributed by atoms with Crippen LogP contribution in [0, 0.1) is 0 Å². The number of nitrogens with two attached hydrogens (primary N) is 1. The molecule has 1 fully saturated rings. The summed E-state index contributed by atoms with van der Waals surface area (Å²) in [6.45, 7) is 7.41. The molecular formula is C21H29N3O. The van der Waals surface area contributed by atoms with E-state index in [0.29, 0.717) is 6.61 Å². The van der Waals surface area contributed by atoms with Crippen LogP contribution in [0.3, 0.4) is 0 Å². The fourth-order valence-electron chi connectivity index (χ4n) is 3.13. The van der Waals surface area contributed by atoms with Crippen molar-refractivity contribution in [1.29, 1.82) is 0 Å². The van der Waals surface area contributed by atoms with Gasteiger partial charge < -0.3 is 10.5 Å². The fraction of sp³-hybridized carbons (Fsp3) is 0.429. The van der Waals surface area contributed by atoms with Crippen molar-refractivity contribution in [3.05, 3.63) is 59.7 Å². The number of anilines is 1. The molecule has 1 aliphatic heterocycles. The van der Waals surface area contributed by atoms with E-state index in [0.717, 1.165) is 24.3 Å². The Kier molecular flexibility index (Phi) is 5.30. The van der Waals surface area contributed by atoms with Crippen molar-refractivity contribution in [2.24, 2.45) is 0 Å². The van der Waals surface area contributed by atoms with E-state index in [2.05, 4.69) is 62.0 Å². The molecule has 0 radical (unpaired) electrons. The molecule has 0 aliphatic carbocycles. The molecule has 1 saturated heterocycles. The number of hydrogen-bond acceptors (Lipinski definition) is 4. The first-order chi connectivity index (χ1) is 12.0. The topological polar surface area (TPSA) is 59.3 Å². The van der Waals surface area contributed by atoms with Crippen LogP contribution in [0.1, 0.15) is 50.8 Å². The van der Waals surface area contributed by atoms with Gasteiger partial charge in [-0.05, 0) is 53.6 Å². The van der Waals surface area contributed by atoms with Crippen molar-refractivity contribution in [1.82, 2.24) is 10.9 Å². The van der Waals surface area contributed by atoms with Crippen LogP contribution in [0.4, 0.5) is 5.69 Å². The first-order valence-electron chi connectivity index (χ1n) is 9.08. The molecule has 1 aliphatic rings. The van der Waals surface area contributed by atoms with E-state index in [1.165, 1.54) is 11.1 Å². The number of rotatable bonds is 6. The summed E-state index contributed by atoms with van der Waals surface area (Å²) in [6, 6.07) is 17.1. The molecule has 0 aromatic heterocycles. The Bertz CT molecular complexity index is 697. The van der Waals surface area contributed by atoms with Crippen LogP contribution in [0.15, 0.2) is 48.5 Å². The Balaban J connectivity index is 1.53. The van der Waals surface area contributed by atoms with Gasteiger partial charge >= 0.3 is 0 Å². The maximum atomic E-state index is 5.97. The van der Waals surface area contributed by atoms with Crippen LogP contribution >= 0.6 is 0 Å². The zero-order chi connectivity index (χ0) is 17.9. The molecular weight excluding hydrogens is 310 g/mol. The van der Waals surface area contributed by atoms with Crippen LogP contribution in [0.5, 0.6) is 5.75 Å². The van der Waals surface area contributed by atoms with Crippen LogP contribution in [0.25, 0.3) is 0 Å². The Morgan fingerprint density at radius 3 is 2.56 bits per heavy atom. The molecule has 2 aromatic carbocycles. The normalized spacial score (nSPS) is 20.6. The first kappa shape index (κ1) is 17.8. The Morgan fingerprint density at radius 1 is 1.12 bits per heavy atom. The number of hydrogen-bond donors (Lipinski definition) is 3. The predicted octanol–water partition coefficient (Wildman–Crippen LogP) is 3.94. The Morgan fingerprint density at radius 2 is 1.88 bits per heavy atom. The lowest BCUT2D eigenvalue weighted by atomic mass is 9.82. The lowest BCUT2D eigenvalue weighted by molar-refractivity contribution is 0.272. The van der Waals surface area contributed by atoms with Crippen LogP contribution in [-0.4, -0.2) is 12.6 Å². The predicted molar refractivity (Wildman–Crippen MR) is 104 cm³/mol. The van der Waals surface area contributed by atoms with Crippen molar-refractivity contribution >= 4 is 5.69 Å². The zero-order valence-electron chi connectivity index (χ0n) is 15.4. The van der Waals surface area contributed by atoms with E-state index in [9.17, 15) is 0 Å². The second kappa shape index (κ2) is 7.46. The second-order valence-electron chi connectivity index (χ2n) is 7.52. The van der Waals surface area contributed by atoms with Crippen LogP contribution in [0.2, 0.25) is 0 Å². The van der Waals surface area contributed by atoms with Crippen molar-refractivity contribution in [2.45, 2.75) is 51.1 Å². The fourth-order valence-corrected chi connectivity index (χ4v) is 3.13. The molecule has 0 amide bonds. The third kappa shape index (κ3) is 4.33. The molecule has 2 aromatic rings. The molecule has 134 valence electrons. The molecule has 1 heterocycles. The summed E-state index contributed by atoms with van der Waals surface area (Å²) in [6.07, 6.45) is 2.10. The summed E-state index contributed by atoms with van der Waals surface area (Å²) >= 11 is 0. The molecule has 0 bridgehead atoms. The van der Waals surface area contributed by atoms with Gasteiger partial charge in [0, 0.05) is 11.7 Å². The minimum atomic E-state index is 0.209. The van der Waals surface area contributed by atoms with Gasteiger partial charge in [0.1, 0.15) is 12.4 Å². The van der Waals surface area contributed by atoms with Crippen molar-refractivity contribution in [3.8, 4) is 5.75 Å². The molecule has 0 spiro atoms. The smallest absolute Gasteiger partial charge is 0.119 e. The van der Waals surface area contributed by atoms with E-state index < -0.39 is 0 Å². The minimum Gasteiger partial charge on any atom is -0.492 e. The average Bonchev–Trinajstić information content (AvgIpc) is 3.09. The highest BCUT2D eigenvalue weighted by molar-refractivity contribution is 5.42. The molecule has 2 unspecified atom stereocenters. The van der Waals surface area contributed by atoms with E-state index in [-0.39, 0.29) is 17.5 Å². The average molecular weight is 339 g/mol. The van der Waals surface area contributed by atoms with Gasteiger partial charge in [0.25, 0.3) is 0 Å². The molecule has 4 nitrogen and oxygen atoms in total. The number of nitrogens with one attached hydrogen (secondary N) is 2. The lowest BCUT2D eigenvalue weighted by Crippen LogP contribution is -2.34. The van der Waals surface area contributed by atoms with E-state index in [1.807, 2.05) is 18.2 Å². The van der Waals surface area contributed by atoms with Gasteiger partial charge in [-0.1, -0.05) is 45.0 Å². The van der Waals surface area contributed by atoms with Gasteiger partial charge in [-0.2, -0.15) is 0 Å². The number of benzene rings is 2. The van der Waals surface area contributed by atoms with Crippen molar-refractivity contribution in [2.75, 3.05) is 12.3 Å². The molecule has 4 heteroatoms. The molecule has 3 rings (SSSR count). The summed E-state index contributed by atoms with van der Waals surface area (Å²) in [7, 11) is 0. The highest BCUT2D eigenvalue weighted by Crippen LogP contribution is 2.28. The van der Waals surface area contributed by atoms with E-state index >= 15 is 0 Å². The largest absolute Gasteiger partial charge is 0.492 e. The summed E-state index contributed by atoms with van der Waals surface area (Å²) in [4.78, 5) is 0. The number of hydrazine groups is 1. The van der Waals surface area contributed by atoms with Gasteiger partial charge in [-0.15, -0.1) is 0 Å². The lowest BCUT2D eigenvalue weighted by Gasteiger charge is -2.23. The van der Waals surface area contributed by atoms with Gasteiger partial charge in [0.15, 0.2) is 0 Å². The standard InChI is InChI=1S/C21H29N3O/c1-4-21(2,3)16-8-10-19(11-9-16)25-14-18-13-20(24-23-18)15-6-5-7-17(22)12-15/h5-12,18,20,23-24H,4,13-14,22H2,1-3H3. The van der Waals surface area contributed by atoms with E-state index in [4.69, 9.17) is 10.5 Å². The zero-order valence-corrected chi connectivity index (χ0v) is 15.4. The van der Waals surface area contributed by atoms with Gasteiger partial charge in [-0.3, -0.25) is 5.43 Å². The SMILES string of the molecule is CCC(C)(C)c1ccc(OCC2CC(c3cccc(N)c3)NN2)cc1. The quantitative estimate of drug-likeness (QED) is 0.698. The summed E-state index contributed by atoms with van der Waals surface area (Å²) in [5.41, 5.74) is 16.1. The summed E-state index contributed by atoms with van der Waals surface area (Å²) in [5, 5.41) is 0. The molecule has 2 atom stereocenters. The van der Waals surface area contributed by atoms with Gasteiger partial charge in [0.2, 0.25) is 0 Å². The number of ether oxygens (including phenoxy) is 1. The van der Waals surface area contributed by atoms with Crippen molar-refractivity contribution in [3.63, 3.8) is 0 Å². The Labute approximate surface area is 150 Å². The Hall–Kier alpha value is -2.04. The number of nitrogen functional groups attached to an aromatic ring is 1. The van der Waals surface area contributed by atoms with Crippen LogP contribution < -0.4 is 21.3 Å². The van der Waals surface area contributed by atoms with Crippen LogP contribution in [-0.2, 0) is 5.41 Å². The highest BCUT2D eigenvalue weighted by atomic mass is 16.5. The van der Waals surface area contributed by atoms with Gasteiger partial charge in [0.05, 0.1) is 6.04 Å². The summed E-state index contributed by atoms with van der Waals surface area (Å²) in [5.74, 6) is 0.921. The maximum absolute atomic E-state index is 5.97. The monoisotopic (exact) mass is 339 g/mol.